The van der Waals surface area contributed by atoms with Crippen LogP contribution in [0.1, 0.15) is 18.9 Å². The summed E-state index contributed by atoms with van der Waals surface area (Å²) in [6.45, 7) is 2.12. The van der Waals surface area contributed by atoms with Gasteiger partial charge in [-0.05, 0) is 61.2 Å². The van der Waals surface area contributed by atoms with E-state index in [1.165, 1.54) is 11.6 Å². The molecule has 2 aromatic carbocycles. The van der Waals surface area contributed by atoms with Crippen molar-refractivity contribution in [3.63, 3.8) is 0 Å². The zero-order valence-corrected chi connectivity index (χ0v) is 15.3. The predicted molar refractivity (Wildman–Crippen MR) is 98.6 cm³/mol. The molecule has 1 unspecified atom stereocenters. The highest BCUT2D eigenvalue weighted by molar-refractivity contribution is 9.10. The predicted octanol–water partition coefficient (Wildman–Crippen LogP) is 5.66. The van der Waals surface area contributed by atoms with Crippen molar-refractivity contribution >= 4 is 49.9 Å². The van der Waals surface area contributed by atoms with Gasteiger partial charge in [-0.2, -0.15) is 4.98 Å². The lowest BCUT2D eigenvalue weighted by Gasteiger charge is -2.37. The van der Waals surface area contributed by atoms with Crippen LogP contribution in [0.4, 0.5) is 15.9 Å². The van der Waals surface area contributed by atoms with Gasteiger partial charge in [-0.1, -0.05) is 28.1 Å². The van der Waals surface area contributed by atoms with Crippen molar-refractivity contribution in [3.8, 4) is 0 Å². The molecule has 1 aromatic heterocycles. The summed E-state index contributed by atoms with van der Waals surface area (Å²) in [7, 11) is 0. The third kappa shape index (κ3) is 2.47. The number of rotatable bonds is 1. The molecule has 3 aromatic rings. The summed E-state index contributed by atoms with van der Waals surface area (Å²) in [6, 6.07) is 11.0. The molecular formula is C18H14BrClFN3. The van der Waals surface area contributed by atoms with Crippen LogP contribution in [-0.4, -0.2) is 16.0 Å². The van der Waals surface area contributed by atoms with E-state index >= 15 is 0 Å². The Morgan fingerprint density at radius 2 is 2.00 bits per heavy atom. The van der Waals surface area contributed by atoms with Crippen molar-refractivity contribution in [2.45, 2.75) is 25.8 Å². The molecule has 2 heterocycles. The standard InChI is InChI=1S/C18H14BrClFN3/c1-10-8-9-11-12(19)4-2-7-15(11)24(10)17-16-13(21)5-3-6-14(16)22-18(20)23-17/h2-7,10H,8-9H2,1H3. The maximum absolute atomic E-state index is 14.6. The van der Waals surface area contributed by atoms with Gasteiger partial charge in [-0.15, -0.1) is 0 Å². The maximum Gasteiger partial charge on any atom is 0.224 e. The summed E-state index contributed by atoms with van der Waals surface area (Å²) >= 11 is 9.74. The average Bonchev–Trinajstić information content (AvgIpc) is 2.54. The van der Waals surface area contributed by atoms with Gasteiger partial charge in [0.1, 0.15) is 11.6 Å². The van der Waals surface area contributed by atoms with Gasteiger partial charge in [-0.3, -0.25) is 0 Å². The van der Waals surface area contributed by atoms with E-state index in [4.69, 9.17) is 11.6 Å². The molecule has 0 amide bonds. The Morgan fingerprint density at radius 1 is 1.21 bits per heavy atom. The van der Waals surface area contributed by atoms with Gasteiger partial charge in [0.25, 0.3) is 0 Å². The summed E-state index contributed by atoms with van der Waals surface area (Å²) in [4.78, 5) is 10.6. The smallest absolute Gasteiger partial charge is 0.224 e. The summed E-state index contributed by atoms with van der Waals surface area (Å²) in [5.74, 6) is 0.183. The lowest BCUT2D eigenvalue weighted by Crippen LogP contribution is -2.34. The van der Waals surface area contributed by atoms with E-state index in [-0.39, 0.29) is 17.1 Å². The highest BCUT2D eigenvalue weighted by atomic mass is 79.9. The number of hydrogen-bond acceptors (Lipinski definition) is 3. The van der Waals surface area contributed by atoms with Gasteiger partial charge < -0.3 is 4.90 Å². The van der Waals surface area contributed by atoms with Gasteiger partial charge in [-0.25, -0.2) is 9.37 Å². The summed E-state index contributed by atoms with van der Waals surface area (Å²) in [5.41, 5.74) is 2.75. The first-order valence-electron chi connectivity index (χ1n) is 7.74. The summed E-state index contributed by atoms with van der Waals surface area (Å²) in [6.07, 6.45) is 1.92. The minimum atomic E-state index is -0.339. The van der Waals surface area contributed by atoms with Crippen molar-refractivity contribution in [2.75, 3.05) is 4.90 Å². The minimum Gasteiger partial charge on any atom is -0.323 e. The lowest BCUT2D eigenvalue weighted by molar-refractivity contribution is 0.609. The fraction of sp³-hybridized carbons (Fsp3) is 0.222. The second-order valence-corrected chi connectivity index (χ2v) is 7.14. The zero-order valence-electron chi connectivity index (χ0n) is 12.9. The normalized spacial score (nSPS) is 17.2. The molecule has 1 aliphatic heterocycles. The Balaban J connectivity index is 2.03. The summed E-state index contributed by atoms with van der Waals surface area (Å²) in [5, 5.41) is 0.527. The third-order valence-corrected chi connectivity index (χ3v) is 5.37. The molecular weight excluding hydrogens is 393 g/mol. The van der Waals surface area contributed by atoms with E-state index in [9.17, 15) is 4.39 Å². The molecule has 0 saturated heterocycles. The molecule has 0 N–H and O–H groups in total. The molecule has 24 heavy (non-hydrogen) atoms. The Hall–Kier alpha value is -1.72. The topological polar surface area (TPSA) is 29.0 Å². The van der Waals surface area contributed by atoms with Crippen LogP contribution in [0.25, 0.3) is 10.9 Å². The van der Waals surface area contributed by atoms with Gasteiger partial charge in [0, 0.05) is 16.2 Å². The van der Waals surface area contributed by atoms with Gasteiger partial charge in [0.05, 0.1) is 10.9 Å². The molecule has 0 aliphatic carbocycles. The van der Waals surface area contributed by atoms with Crippen LogP contribution >= 0.6 is 27.5 Å². The second-order valence-electron chi connectivity index (χ2n) is 5.95. The van der Waals surface area contributed by atoms with Crippen molar-refractivity contribution in [1.82, 2.24) is 9.97 Å². The van der Waals surface area contributed by atoms with E-state index in [1.807, 2.05) is 18.2 Å². The van der Waals surface area contributed by atoms with E-state index in [0.29, 0.717) is 16.7 Å². The van der Waals surface area contributed by atoms with Gasteiger partial charge in [0.15, 0.2) is 0 Å². The molecule has 0 spiro atoms. The maximum atomic E-state index is 14.6. The molecule has 0 radical (unpaired) electrons. The first-order chi connectivity index (χ1) is 11.6. The Kier molecular flexibility index (Phi) is 3.93. The van der Waals surface area contributed by atoms with Crippen LogP contribution < -0.4 is 4.90 Å². The second kappa shape index (κ2) is 5.97. The van der Waals surface area contributed by atoms with E-state index in [0.717, 1.165) is 23.0 Å². The van der Waals surface area contributed by atoms with E-state index < -0.39 is 0 Å². The largest absolute Gasteiger partial charge is 0.323 e. The highest BCUT2D eigenvalue weighted by Gasteiger charge is 2.29. The van der Waals surface area contributed by atoms with Gasteiger partial charge in [0.2, 0.25) is 5.28 Å². The van der Waals surface area contributed by atoms with Crippen LogP contribution in [0.15, 0.2) is 40.9 Å². The number of hydrogen-bond donors (Lipinski definition) is 0. The van der Waals surface area contributed by atoms with Crippen molar-refractivity contribution < 1.29 is 4.39 Å². The number of fused-ring (bicyclic) bond motifs is 2. The molecule has 1 atom stereocenters. The van der Waals surface area contributed by atoms with Gasteiger partial charge >= 0.3 is 0 Å². The number of anilines is 2. The van der Waals surface area contributed by atoms with Crippen LogP contribution in [0, 0.1) is 5.82 Å². The molecule has 6 heteroatoms. The number of aromatic nitrogens is 2. The average molecular weight is 407 g/mol. The Morgan fingerprint density at radius 3 is 2.83 bits per heavy atom. The van der Waals surface area contributed by atoms with Crippen LogP contribution in [0.2, 0.25) is 5.28 Å². The third-order valence-electron chi connectivity index (χ3n) is 4.46. The Labute approximate surface area is 152 Å². The molecule has 1 aliphatic rings. The van der Waals surface area contributed by atoms with E-state index in [2.05, 4.69) is 37.7 Å². The highest BCUT2D eigenvalue weighted by Crippen LogP contribution is 2.42. The van der Waals surface area contributed by atoms with Crippen molar-refractivity contribution in [2.24, 2.45) is 0 Å². The molecule has 0 bridgehead atoms. The van der Waals surface area contributed by atoms with Crippen LogP contribution in [0.3, 0.4) is 0 Å². The van der Waals surface area contributed by atoms with Crippen LogP contribution in [0.5, 0.6) is 0 Å². The fourth-order valence-corrected chi connectivity index (χ4v) is 4.06. The molecule has 3 nitrogen and oxygen atoms in total. The minimum absolute atomic E-state index is 0.123. The number of nitrogens with zero attached hydrogens (tertiary/aromatic N) is 3. The quantitative estimate of drug-likeness (QED) is 0.488. The number of benzene rings is 2. The van der Waals surface area contributed by atoms with Crippen LogP contribution in [-0.2, 0) is 6.42 Å². The van der Waals surface area contributed by atoms with E-state index in [1.54, 1.807) is 12.1 Å². The van der Waals surface area contributed by atoms with Crippen molar-refractivity contribution in [1.29, 1.82) is 0 Å². The first kappa shape index (κ1) is 15.8. The first-order valence-corrected chi connectivity index (χ1v) is 8.91. The molecule has 0 fully saturated rings. The molecule has 0 saturated carbocycles. The fourth-order valence-electron chi connectivity index (χ4n) is 3.33. The Bertz CT molecular complexity index is 947. The molecule has 122 valence electrons. The molecule has 4 rings (SSSR count). The lowest BCUT2D eigenvalue weighted by atomic mass is 9.96. The zero-order chi connectivity index (χ0) is 16.8. The number of halogens is 3. The summed E-state index contributed by atoms with van der Waals surface area (Å²) < 4.78 is 15.6. The monoisotopic (exact) mass is 405 g/mol. The SMILES string of the molecule is CC1CCc2c(Br)cccc2N1c1nc(Cl)nc2cccc(F)c12. The van der Waals surface area contributed by atoms with Crippen molar-refractivity contribution in [3.05, 3.63) is 57.5 Å².